The van der Waals surface area contributed by atoms with E-state index >= 15 is 0 Å². The zero-order chi connectivity index (χ0) is 14.7. The molecular weight excluding hydrogens is 265 g/mol. The van der Waals surface area contributed by atoms with Gasteiger partial charge >= 0.3 is 12.1 Å². The van der Waals surface area contributed by atoms with Gasteiger partial charge < -0.3 is 10.1 Å². The Morgan fingerprint density at radius 1 is 1.40 bits per heavy atom. The molecule has 20 heavy (non-hydrogen) atoms. The van der Waals surface area contributed by atoms with Crippen LogP contribution in [0.3, 0.4) is 0 Å². The number of rotatable bonds is 2. The summed E-state index contributed by atoms with van der Waals surface area (Å²) in [4.78, 5) is 26.7. The van der Waals surface area contributed by atoms with Gasteiger partial charge in [-0.15, -0.1) is 4.99 Å². The quantitative estimate of drug-likeness (QED) is 0.867. The van der Waals surface area contributed by atoms with Crippen LogP contribution in [0.4, 0.5) is 14.9 Å². The first kappa shape index (κ1) is 14.0. The Kier molecular flexibility index (Phi) is 3.97. The fourth-order valence-electron chi connectivity index (χ4n) is 1.65. The number of halogens is 1. The summed E-state index contributed by atoms with van der Waals surface area (Å²) in [5.41, 5.74) is 0.394. The summed E-state index contributed by atoms with van der Waals surface area (Å²) in [6, 6.07) is 4.39. The number of anilines is 1. The fourth-order valence-corrected chi connectivity index (χ4v) is 1.65. The topological polar surface area (TPSA) is 79.8 Å². The van der Waals surface area contributed by atoms with Gasteiger partial charge in [0, 0.05) is 5.69 Å². The summed E-state index contributed by atoms with van der Waals surface area (Å²) in [5.74, 6) is -0.753. The average Bonchev–Trinajstić information content (AvgIpc) is 2.73. The van der Waals surface area contributed by atoms with Crippen LogP contribution in [-0.2, 0) is 9.53 Å². The maximum absolute atomic E-state index is 12.7. The molecule has 0 bridgehead atoms. The minimum Gasteiger partial charge on any atom is -0.451 e. The molecule has 0 spiro atoms. The first-order chi connectivity index (χ1) is 9.45. The van der Waals surface area contributed by atoms with Gasteiger partial charge in [-0.1, -0.05) is 13.8 Å². The Balaban J connectivity index is 1.99. The lowest BCUT2D eigenvalue weighted by atomic mass is 10.1. The monoisotopic (exact) mass is 279 g/mol. The molecule has 0 aliphatic carbocycles. The van der Waals surface area contributed by atoms with E-state index in [-0.39, 0.29) is 17.8 Å². The van der Waals surface area contributed by atoms with Gasteiger partial charge in [0.15, 0.2) is 6.10 Å². The van der Waals surface area contributed by atoms with Crippen molar-refractivity contribution in [2.24, 2.45) is 10.9 Å². The minimum absolute atomic E-state index is 0.0251. The number of nitrogens with zero attached hydrogens (tertiary/aromatic N) is 1. The number of hydrogen-bond acceptors (Lipinski definition) is 3. The molecule has 1 fully saturated rings. The number of nitrogens with one attached hydrogen (secondary N) is 2. The second-order valence-corrected chi connectivity index (χ2v) is 4.63. The molecule has 1 aromatic rings. The van der Waals surface area contributed by atoms with Crippen molar-refractivity contribution in [2.75, 3.05) is 5.32 Å². The molecule has 1 aliphatic heterocycles. The first-order valence-corrected chi connectivity index (χ1v) is 6.08. The van der Waals surface area contributed by atoms with Crippen LogP contribution in [0.25, 0.3) is 0 Å². The Morgan fingerprint density at radius 3 is 2.60 bits per heavy atom. The first-order valence-electron chi connectivity index (χ1n) is 6.08. The minimum atomic E-state index is -0.712. The number of hydrogen-bond donors (Lipinski definition) is 2. The highest BCUT2D eigenvalue weighted by Crippen LogP contribution is 2.13. The molecule has 1 saturated heterocycles. The van der Waals surface area contributed by atoms with E-state index in [2.05, 4.69) is 15.6 Å². The molecule has 106 valence electrons. The van der Waals surface area contributed by atoms with Crippen molar-refractivity contribution in [1.82, 2.24) is 5.32 Å². The predicted octanol–water partition coefficient (Wildman–Crippen LogP) is 1.88. The van der Waals surface area contributed by atoms with Crippen molar-refractivity contribution in [3.8, 4) is 0 Å². The molecule has 7 heteroatoms. The molecule has 0 saturated carbocycles. The molecule has 1 aliphatic rings. The maximum atomic E-state index is 12.7. The molecular formula is C13H14FN3O3. The van der Waals surface area contributed by atoms with Gasteiger partial charge in [0.05, 0.1) is 0 Å². The van der Waals surface area contributed by atoms with Crippen LogP contribution < -0.4 is 10.6 Å². The average molecular weight is 279 g/mol. The zero-order valence-electron chi connectivity index (χ0n) is 11.0. The van der Waals surface area contributed by atoms with E-state index in [1.807, 2.05) is 13.8 Å². The standard InChI is InChI=1S/C13H14FN3O3/c1-7(2)10-11(18)16-13(20-10)17-12(19)15-9-5-3-8(14)4-6-9/h3-7,10H,1-2H3,(H2,15,16,17,18,19)/t10-/m1/s1. The molecule has 1 heterocycles. The number of amidine groups is 1. The number of amides is 3. The molecule has 3 amide bonds. The second kappa shape index (κ2) is 5.68. The summed E-state index contributed by atoms with van der Waals surface area (Å²) >= 11 is 0. The summed E-state index contributed by atoms with van der Waals surface area (Å²) in [6.45, 7) is 3.65. The molecule has 6 nitrogen and oxygen atoms in total. The van der Waals surface area contributed by atoms with Crippen LogP contribution in [0.15, 0.2) is 29.3 Å². The van der Waals surface area contributed by atoms with Crippen molar-refractivity contribution in [3.63, 3.8) is 0 Å². The molecule has 0 aromatic heterocycles. The Bertz CT molecular complexity index is 554. The predicted molar refractivity (Wildman–Crippen MR) is 70.7 cm³/mol. The van der Waals surface area contributed by atoms with Crippen LogP contribution in [0.5, 0.6) is 0 Å². The van der Waals surface area contributed by atoms with Crippen molar-refractivity contribution < 1.29 is 18.7 Å². The van der Waals surface area contributed by atoms with E-state index in [0.717, 1.165) is 0 Å². The molecule has 0 unspecified atom stereocenters. The number of benzene rings is 1. The molecule has 2 rings (SSSR count). The van der Waals surface area contributed by atoms with E-state index in [4.69, 9.17) is 4.74 Å². The Hall–Kier alpha value is -2.44. The van der Waals surface area contributed by atoms with Crippen molar-refractivity contribution in [2.45, 2.75) is 20.0 Å². The molecule has 0 radical (unpaired) electrons. The van der Waals surface area contributed by atoms with Gasteiger partial charge in [0.25, 0.3) is 5.91 Å². The van der Waals surface area contributed by atoms with Crippen LogP contribution in [0.1, 0.15) is 13.8 Å². The number of urea groups is 1. The van der Waals surface area contributed by atoms with E-state index in [9.17, 15) is 14.0 Å². The van der Waals surface area contributed by atoms with Crippen LogP contribution in [0, 0.1) is 11.7 Å². The normalized spacial score (nSPS) is 19.9. The third kappa shape index (κ3) is 3.31. The number of aliphatic imine (C=N–C) groups is 1. The highest BCUT2D eigenvalue weighted by Gasteiger charge is 2.33. The van der Waals surface area contributed by atoms with E-state index in [1.54, 1.807) is 0 Å². The van der Waals surface area contributed by atoms with Crippen molar-refractivity contribution in [1.29, 1.82) is 0 Å². The van der Waals surface area contributed by atoms with E-state index < -0.39 is 18.0 Å². The van der Waals surface area contributed by atoms with Crippen molar-refractivity contribution in [3.05, 3.63) is 30.1 Å². The van der Waals surface area contributed by atoms with Gasteiger partial charge in [0.2, 0.25) is 0 Å². The highest BCUT2D eigenvalue weighted by atomic mass is 19.1. The lowest BCUT2D eigenvalue weighted by Crippen LogP contribution is -2.28. The largest absolute Gasteiger partial charge is 0.451 e. The number of carbonyl (C=O) groups excluding carboxylic acids is 2. The Labute approximate surface area is 115 Å². The fraction of sp³-hybridized carbons (Fsp3) is 0.308. The van der Waals surface area contributed by atoms with E-state index in [0.29, 0.717) is 5.69 Å². The number of carbonyl (C=O) groups is 2. The summed E-state index contributed by atoms with van der Waals surface area (Å²) in [7, 11) is 0. The van der Waals surface area contributed by atoms with Crippen molar-refractivity contribution >= 4 is 23.6 Å². The smallest absolute Gasteiger partial charge is 0.349 e. The molecule has 1 atom stereocenters. The third-order valence-electron chi connectivity index (χ3n) is 2.63. The van der Waals surface area contributed by atoms with Gasteiger partial charge in [-0.05, 0) is 30.2 Å². The molecule has 2 N–H and O–H groups in total. The van der Waals surface area contributed by atoms with E-state index in [1.165, 1.54) is 24.3 Å². The van der Waals surface area contributed by atoms with Crippen LogP contribution in [-0.4, -0.2) is 24.1 Å². The summed E-state index contributed by atoms with van der Waals surface area (Å²) in [6.07, 6.45) is -0.646. The second-order valence-electron chi connectivity index (χ2n) is 4.63. The van der Waals surface area contributed by atoms with Gasteiger partial charge in [-0.3, -0.25) is 10.1 Å². The number of ether oxygens (including phenoxy) is 1. The lowest BCUT2D eigenvalue weighted by molar-refractivity contribution is -0.124. The van der Waals surface area contributed by atoms with Crippen LogP contribution >= 0.6 is 0 Å². The lowest BCUT2D eigenvalue weighted by Gasteiger charge is -2.09. The van der Waals surface area contributed by atoms with Gasteiger partial charge in [-0.2, -0.15) is 0 Å². The summed E-state index contributed by atoms with van der Waals surface area (Å²) < 4.78 is 17.9. The molecule has 1 aromatic carbocycles. The van der Waals surface area contributed by atoms with Gasteiger partial charge in [-0.25, -0.2) is 9.18 Å². The zero-order valence-corrected chi connectivity index (χ0v) is 11.0. The SMILES string of the molecule is CC(C)[C@H]1OC(=NC(=O)Nc2ccc(F)cc2)NC1=O. The maximum Gasteiger partial charge on any atom is 0.349 e. The highest BCUT2D eigenvalue weighted by molar-refractivity contribution is 6.07. The van der Waals surface area contributed by atoms with Gasteiger partial charge in [0.1, 0.15) is 5.82 Å². The van der Waals surface area contributed by atoms with Crippen LogP contribution in [0.2, 0.25) is 0 Å². The Morgan fingerprint density at radius 2 is 2.05 bits per heavy atom. The summed E-state index contributed by atoms with van der Waals surface area (Å²) in [5, 5.41) is 4.81. The third-order valence-corrected chi connectivity index (χ3v) is 2.63.